The van der Waals surface area contributed by atoms with Gasteiger partial charge < -0.3 is 19.6 Å². The Bertz CT molecular complexity index is 1140. The van der Waals surface area contributed by atoms with Crippen LogP contribution in [0.4, 0.5) is 0 Å². The van der Waals surface area contributed by atoms with Gasteiger partial charge in [-0.25, -0.2) is 4.98 Å². The molecule has 0 radical (unpaired) electrons. The van der Waals surface area contributed by atoms with E-state index in [2.05, 4.69) is 14.8 Å². The summed E-state index contributed by atoms with van der Waals surface area (Å²) in [6, 6.07) is 7.45. The number of benzene rings is 1. The SMILES string of the molecule is CC(C)OCC(O)CN(CCN1CCOCC1)Cc1nc2scc(-c3ccc(Cl)cc3)c2c(=O)[nH]1. The van der Waals surface area contributed by atoms with Crippen molar-refractivity contribution in [1.29, 1.82) is 0 Å². The van der Waals surface area contributed by atoms with Crippen molar-refractivity contribution in [2.45, 2.75) is 32.6 Å². The zero-order valence-corrected chi connectivity index (χ0v) is 21.8. The molecule has 0 aliphatic carbocycles. The summed E-state index contributed by atoms with van der Waals surface area (Å²) >= 11 is 7.48. The average Bonchev–Trinajstić information content (AvgIpc) is 3.27. The number of hydrogen-bond acceptors (Lipinski definition) is 8. The van der Waals surface area contributed by atoms with Gasteiger partial charge in [-0.05, 0) is 31.5 Å². The Morgan fingerprint density at radius 1 is 1.29 bits per heavy atom. The normalized spacial score (nSPS) is 15.9. The Balaban J connectivity index is 1.51. The highest BCUT2D eigenvalue weighted by Gasteiger charge is 2.19. The summed E-state index contributed by atoms with van der Waals surface area (Å²) in [5.74, 6) is 0.589. The summed E-state index contributed by atoms with van der Waals surface area (Å²) < 4.78 is 11.0. The second-order valence-electron chi connectivity index (χ2n) is 9.07. The quantitative estimate of drug-likeness (QED) is 0.401. The number of nitrogens with one attached hydrogen (secondary N) is 1. The first kappa shape index (κ1) is 26.2. The molecule has 3 aromatic rings. The number of aromatic nitrogens is 2. The van der Waals surface area contributed by atoms with Crippen molar-refractivity contribution in [3.63, 3.8) is 0 Å². The van der Waals surface area contributed by atoms with E-state index in [1.54, 1.807) is 0 Å². The van der Waals surface area contributed by atoms with Gasteiger partial charge in [0.05, 0.1) is 44.0 Å². The summed E-state index contributed by atoms with van der Waals surface area (Å²) in [5, 5.41) is 13.8. The second kappa shape index (κ2) is 12.4. The molecule has 190 valence electrons. The molecular formula is C25H33ClN4O4S. The topological polar surface area (TPSA) is 90.9 Å². The molecule has 3 heterocycles. The molecule has 2 aromatic heterocycles. The van der Waals surface area contributed by atoms with E-state index in [9.17, 15) is 9.90 Å². The van der Waals surface area contributed by atoms with Crippen LogP contribution in [0.3, 0.4) is 0 Å². The average molecular weight is 521 g/mol. The minimum Gasteiger partial charge on any atom is -0.389 e. The molecule has 8 nitrogen and oxygen atoms in total. The molecule has 1 fully saturated rings. The van der Waals surface area contributed by atoms with Gasteiger partial charge in [-0.1, -0.05) is 23.7 Å². The second-order valence-corrected chi connectivity index (χ2v) is 10.4. The van der Waals surface area contributed by atoms with Gasteiger partial charge in [0, 0.05) is 48.7 Å². The van der Waals surface area contributed by atoms with Crippen molar-refractivity contribution >= 4 is 33.2 Å². The summed E-state index contributed by atoms with van der Waals surface area (Å²) in [5.41, 5.74) is 1.63. The van der Waals surface area contributed by atoms with Gasteiger partial charge in [0.15, 0.2) is 0 Å². The van der Waals surface area contributed by atoms with Crippen LogP contribution in [-0.4, -0.2) is 89.6 Å². The van der Waals surface area contributed by atoms with E-state index in [0.29, 0.717) is 34.2 Å². The van der Waals surface area contributed by atoms with Crippen molar-refractivity contribution in [3.8, 4) is 11.1 Å². The Morgan fingerprint density at radius 2 is 2.03 bits per heavy atom. The highest BCUT2D eigenvalue weighted by Crippen LogP contribution is 2.31. The van der Waals surface area contributed by atoms with Gasteiger partial charge in [0.1, 0.15) is 10.7 Å². The molecule has 0 saturated carbocycles. The maximum absolute atomic E-state index is 13.1. The molecule has 10 heteroatoms. The Kier molecular flexibility index (Phi) is 9.29. The predicted octanol–water partition coefficient (Wildman–Crippen LogP) is 3.23. The lowest BCUT2D eigenvalue weighted by molar-refractivity contribution is -0.0132. The van der Waals surface area contributed by atoms with Crippen molar-refractivity contribution < 1.29 is 14.6 Å². The van der Waals surface area contributed by atoms with Crippen LogP contribution in [0.25, 0.3) is 21.3 Å². The van der Waals surface area contributed by atoms with Crippen LogP contribution in [0, 0.1) is 0 Å². The Labute approximate surface area is 214 Å². The van der Waals surface area contributed by atoms with Gasteiger partial charge in [-0.2, -0.15) is 0 Å². The lowest BCUT2D eigenvalue weighted by atomic mass is 10.1. The van der Waals surface area contributed by atoms with E-state index in [0.717, 1.165) is 50.5 Å². The van der Waals surface area contributed by atoms with Crippen LogP contribution in [0.1, 0.15) is 19.7 Å². The molecule has 35 heavy (non-hydrogen) atoms. The first-order valence-corrected chi connectivity index (χ1v) is 13.2. The van der Waals surface area contributed by atoms with Crippen molar-refractivity contribution in [3.05, 3.63) is 50.8 Å². The van der Waals surface area contributed by atoms with Crippen molar-refractivity contribution in [1.82, 2.24) is 19.8 Å². The Hall–Kier alpha value is -1.85. The van der Waals surface area contributed by atoms with E-state index in [-0.39, 0.29) is 18.3 Å². The zero-order valence-electron chi connectivity index (χ0n) is 20.2. The first-order chi connectivity index (χ1) is 16.9. The lowest BCUT2D eigenvalue weighted by Gasteiger charge is -2.30. The molecule has 1 aliphatic heterocycles. The number of hydrogen-bond donors (Lipinski definition) is 2. The van der Waals surface area contributed by atoms with E-state index in [1.807, 2.05) is 43.5 Å². The number of ether oxygens (including phenoxy) is 2. The van der Waals surface area contributed by atoms with E-state index in [1.165, 1.54) is 11.3 Å². The lowest BCUT2D eigenvalue weighted by Crippen LogP contribution is -2.43. The number of H-pyrrole nitrogens is 1. The van der Waals surface area contributed by atoms with Crippen LogP contribution >= 0.6 is 22.9 Å². The number of halogens is 1. The van der Waals surface area contributed by atoms with Crippen LogP contribution < -0.4 is 5.56 Å². The fourth-order valence-electron chi connectivity index (χ4n) is 4.12. The van der Waals surface area contributed by atoms with Crippen molar-refractivity contribution in [2.24, 2.45) is 0 Å². The highest BCUT2D eigenvalue weighted by molar-refractivity contribution is 7.17. The standard InChI is InChI=1S/C25H33ClN4O4S/c1-17(2)34-15-20(31)13-30(8-7-29-9-11-33-12-10-29)14-22-27-24(32)23-21(16-35-25(23)28-22)18-3-5-19(26)6-4-18/h3-6,16-17,20,31H,7-15H2,1-2H3,(H,27,28,32). The molecule has 1 unspecified atom stereocenters. The monoisotopic (exact) mass is 520 g/mol. The number of rotatable bonds is 11. The van der Waals surface area contributed by atoms with Gasteiger partial charge in [0.2, 0.25) is 0 Å². The van der Waals surface area contributed by atoms with Gasteiger partial charge in [-0.15, -0.1) is 11.3 Å². The fourth-order valence-corrected chi connectivity index (χ4v) is 5.21. The molecule has 1 saturated heterocycles. The molecule has 0 bridgehead atoms. The maximum atomic E-state index is 13.1. The number of aromatic amines is 1. The fraction of sp³-hybridized carbons (Fsp3) is 0.520. The number of morpholine rings is 1. The molecule has 1 atom stereocenters. The third-order valence-electron chi connectivity index (χ3n) is 5.95. The molecule has 1 aromatic carbocycles. The molecule has 0 spiro atoms. The van der Waals surface area contributed by atoms with E-state index >= 15 is 0 Å². The van der Waals surface area contributed by atoms with E-state index < -0.39 is 6.10 Å². The summed E-state index contributed by atoms with van der Waals surface area (Å²) in [6.45, 7) is 9.90. The van der Waals surface area contributed by atoms with Crippen LogP contribution in [0.15, 0.2) is 34.4 Å². The number of aliphatic hydroxyl groups is 1. The third-order valence-corrected chi connectivity index (χ3v) is 7.07. The molecule has 4 rings (SSSR count). The van der Waals surface area contributed by atoms with Gasteiger partial charge in [0.25, 0.3) is 5.56 Å². The maximum Gasteiger partial charge on any atom is 0.260 e. The minimum absolute atomic E-state index is 0.0561. The Morgan fingerprint density at radius 3 is 2.74 bits per heavy atom. The third kappa shape index (κ3) is 7.33. The van der Waals surface area contributed by atoms with Crippen LogP contribution in [0.5, 0.6) is 0 Å². The zero-order chi connectivity index (χ0) is 24.8. The number of nitrogens with zero attached hydrogens (tertiary/aromatic N) is 3. The molecule has 0 amide bonds. The number of aliphatic hydroxyl groups excluding tert-OH is 1. The molecular weight excluding hydrogens is 488 g/mol. The van der Waals surface area contributed by atoms with Crippen LogP contribution in [0.2, 0.25) is 5.02 Å². The van der Waals surface area contributed by atoms with Gasteiger partial charge in [-0.3, -0.25) is 14.6 Å². The summed E-state index contributed by atoms with van der Waals surface area (Å²) in [4.78, 5) is 26.0. The smallest absolute Gasteiger partial charge is 0.260 e. The van der Waals surface area contributed by atoms with Crippen LogP contribution in [-0.2, 0) is 16.0 Å². The molecule has 1 aliphatic rings. The molecule has 2 N–H and O–H groups in total. The highest BCUT2D eigenvalue weighted by atomic mass is 35.5. The first-order valence-electron chi connectivity index (χ1n) is 12.0. The largest absolute Gasteiger partial charge is 0.389 e. The van der Waals surface area contributed by atoms with Gasteiger partial charge >= 0.3 is 0 Å². The predicted molar refractivity (Wildman–Crippen MR) is 140 cm³/mol. The van der Waals surface area contributed by atoms with Crippen molar-refractivity contribution in [2.75, 3.05) is 52.5 Å². The number of thiophene rings is 1. The minimum atomic E-state index is -0.629. The summed E-state index contributed by atoms with van der Waals surface area (Å²) in [7, 11) is 0. The summed E-state index contributed by atoms with van der Waals surface area (Å²) in [6.07, 6.45) is -0.573. The van der Waals surface area contributed by atoms with E-state index in [4.69, 9.17) is 26.1 Å². The number of fused-ring (bicyclic) bond motifs is 1.